The van der Waals surface area contributed by atoms with Crippen molar-refractivity contribution >= 4 is 15.9 Å². The predicted molar refractivity (Wildman–Crippen MR) is 131 cm³/mol. The van der Waals surface area contributed by atoms with Crippen LogP contribution in [-0.4, -0.2) is 81.8 Å². The van der Waals surface area contributed by atoms with Gasteiger partial charge in [0.25, 0.3) is 0 Å². The molecule has 3 N–H and O–H groups in total. The highest BCUT2D eigenvalue weighted by Crippen LogP contribution is 2.42. The Labute approximate surface area is 198 Å². The molecule has 2 aliphatic heterocycles. The maximum absolute atomic E-state index is 13.2. The maximum atomic E-state index is 13.2. The van der Waals surface area contributed by atoms with Crippen LogP contribution in [0.3, 0.4) is 0 Å². The van der Waals surface area contributed by atoms with Gasteiger partial charge in [-0.1, -0.05) is 25.5 Å². The number of hydrogen-bond acceptors (Lipinski definition) is 6. The summed E-state index contributed by atoms with van der Waals surface area (Å²) in [5, 5.41) is 0. The minimum Gasteiger partial charge on any atom is -0.493 e. The molecule has 8 nitrogen and oxygen atoms in total. The number of nitrogens with zero attached hydrogens (tertiary/aromatic N) is 2. The van der Waals surface area contributed by atoms with E-state index in [0.29, 0.717) is 32.6 Å². The molecule has 0 radical (unpaired) electrons. The van der Waals surface area contributed by atoms with Gasteiger partial charge in [-0.3, -0.25) is 9.69 Å². The van der Waals surface area contributed by atoms with Crippen molar-refractivity contribution in [2.24, 2.45) is 5.73 Å². The van der Waals surface area contributed by atoms with Crippen molar-refractivity contribution < 1.29 is 17.9 Å². The number of fused-ring (bicyclic) bond motifs is 1. The standard InChI is InChI=1S/C24H40N4O4S/c1-4-5-12-27(13-10-25)23(29)18-28-17-21(16-24(28,2)9-11-26-33(3,30)31)19-6-7-22-20(15-19)8-14-32-22/h6-7,15,21,26H,4-5,8-14,16-18,25H2,1-3H3/t21-,24?/m1/s1. The molecule has 3 rings (SSSR count). The van der Waals surface area contributed by atoms with Crippen LogP contribution in [0.1, 0.15) is 56.6 Å². The molecule has 0 spiro atoms. The summed E-state index contributed by atoms with van der Waals surface area (Å²) in [6, 6.07) is 6.44. The van der Waals surface area contributed by atoms with Crippen LogP contribution < -0.4 is 15.2 Å². The summed E-state index contributed by atoms with van der Waals surface area (Å²) in [6.45, 7) is 8.18. The summed E-state index contributed by atoms with van der Waals surface area (Å²) in [6.07, 6.45) is 5.61. The van der Waals surface area contributed by atoms with E-state index in [0.717, 1.165) is 51.1 Å². The summed E-state index contributed by atoms with van der Waals surface area (Å²) in [5.74, 6) is 1.35. The summed E-state index contributed by atoms with van der Waals surface area (Å²) >= 11 is 0. The highest BCUT2D eigenvalue weighted by Gasteiger charge is 2.43. The third-order valence-corrected chi connectivity index (χ3v) is 7.69. The molecular weight excluding hydrogens is 440 g/mol. The average Bonchev–Trinajstić information content (AvgIpc) is 3.34. The van der Waals surface area contributed by atoms with Crippen molar-refractivity contribution in [3.63, 3.8) is 0 Å². The molecule has 186 valence electrons. The average molecular weight is 481 g/mol. The molecule has 0 aliphatic carbocycles. The lowest BCUT2D eigenvalue weighted by atomic mass is 9.87. The lowest BCUT2D eigenvalue weighted by Crippen LogP contribution is -2.49. The van der Waals surface area contributed by atoms with E-state index in [1.807, 2.05) is 4.90 Å². The first kappa shape index (κ1) is 25.9. The zero-order chi connectivity index (χ0) is 24.1. The van der Waals surface area contributed by atoms with Crippen molar-refractivity contribution in [1.82, 2.24) is 14.5 Å². The van der Waals surface area contributed by atoms with Crippen LogP contribution in [0.2, 0.25) is 0 Å². The number of unbranched alkanes of at least 4 members (excludes halogenated alkanes) is 1. The molecule has 1 unspecified atom stereocenters. The second-order valence-corrected chi connectivity index (χ2v) is 11.5. The van der Waals surface area contributed by atoms with E-state index in [-0.39, 0.29) is 17.4 Å². The minimum atomic E-state index is -3.26. The van der Waals surface area contributed by atoms with E-state index in [9.17, 15) is 13.2 Å². The van der Waals surface area contributed by atoms with Crippen molar-refractivity contribution in [3.05, 3.63) is 29.3 Å². The first-order valence-electron chi connectivity index (χ1n) is 12.1. The van der Waals surface area contributed by atoms with Crippen LogP contribution >= 0.6 is 0 Å². The van der Waals surface area contributed by atoms with Crippen LogP contribution in [0.5, 0.6) is 5.75 Å². The fourth-order valence-electron chi connectivity index (χ4n) is 5.05. The van der Waals surface area contributed by atoms with Gasteiger partial charge in [-0.25, -0.2) is 13.1 Å². The topological polar surface area (TPSA) is 105 Å². The highest BCUT2D eigenvalue weighted by molar-refractivity contribution is 7.88. The molecule has 1 fully saturated rings. The largest absolute Gasteiger partial charge is 0.493 e. The van der Waals surface area contributed by atoms with Gasteiger partial charge in [-0.05, 0) is 49.3 Å². The van der Waals surface area contributed by atoms with Gasteiger partial charge in [-0.15, -0.1) is 0 Å². The summed E-state index contributed by atoms with van der Waals surface area (Å²) < 4.78 is 31.5. The van der Waals surface area contributed by atoms with E-state index < -0.39 is 10.0 Å². The fourth-order valence-corrected chi connectivity index (χ4v) is 5.52. The number of nitrogens with one attached hydrogen (secondary N) is 1. The fraction of sp³-hybridized carbons (Fsp3) is 0.708. The Morgan fingerprint density at radius 3 is 2.85 bits per heavy atom. The Morgan fingerprint density at radius 2 is 2.15 bits per heavy atom. The Morgan fingerprint density at radius 1 is 1.36 bits per heavy atom. The van der Waals surface area contributed by atoms with Gasteiger partial charge in [-0.2, -0.15) is 0 Å². The molecule has 33 heavy (non-hydrogen) atoms. The van der Waals surface area contributed by atoms with E-state index in [4.69, 9.17) is 10.5 Å². The molecule has 0 aromatic heterocycles. The molecule has 2 aliphatic rings. The molecule has 9 heteroatoms. The van der Waals surface area contributed by atoms with Crippen molar-refractivity contribution in [3.8, 4) is 5.75 Å². The Hall–Kier alpha value is -1.68. The lowest BCUT2D eigenvalue weighted by molar-refractivity contribution is -0.133. The number of nitrogens with two attached hydrogens (primary N) is 1. The molecule has 2 atom stereocenters. The van der Waals surface area contributed by atoms with E-state index in [1.54, 1.807) is 0 Å². The quantitative estimate of drug-likeness (QED) is 0.472. The lowest BCUT2D eigenvalue weighted by Gasteiger charge is -2.36. The summed E-state index contributed by atoms with van der Waals surface area (Å²) in [7, 11) is -3.26. The van der Waals surface area contributed by atoms with E-state index >= 15 is 0 Å². The summed E-state index contributed by atoms with van der Waals surface area (Å²) in [4.78, 5) is 17.3. The SMILES string of the molecule is CCCCN(CCN)C(=O)CN1C[C@H](c2ccc3c(c2)CCO3)CC1(C)CCNS(C)(=O)=O. The number of carbonyl (C=O) groups excluding carboxylic acids is 1. The van der Waals surface area contributed by atoms with Crippen molar-refractivity contribution in [1.29, 1.82) is 0 Å². The third-order valence-electron chi connectivity index (χ3n) is 6.96. The summed E-state index contributed by atoms with van der Waals surface area (Å²) in [5.41, 5.74) is 7.99. The molecular formula is C24H40N4O4S. The van der Waals surface area contributed by atoms with E-state index in [2.05, 4.69) is 41.7 Å². The van der Waals surface area contributed by atoms with Gasteiger partial charge in [0, 0.05) is 44.7 Å². The molecule has 1 aromatic rings. The van der Waals surface area contributed by atoms with Gasteiger partial charge in [0.2, 0.25) is 15.9 Å². The van der Waals surface area contributed by atoms with Crippen molar-refractivity contribution in [2.75, 3.05) is 52.1 Å². The Balaban J connectivity index is 1.77. The second-order valence-electron chi connectivity index (χ2n) is 9.68. The Bertz CT molecular complexity index is 923. The van der Waals surface area contributed by atoms with E-state index in [1.165, 1.54) is 17.4 Å². The first-order chi connectivity index (χ1) is 15.6. The highest BCUT2D eigenvalue weighted by atomic mass is 32.2. The van der Waals surface area contributed by atoms with Crippen LogP contribution in [0.25, 0.3) is 0 Å². The first-order valence-corrected chi connectivity index (χ1v) is 14.0. The number of carbonyl (C=O) groups is 1. The van der Waals surface area contributed by atoms with Gasteiger partial charge < -0.3 is 15.4 Å². The third kappa shape index (κ3) is 6.91. The van der Waals surface area contributed by atoms with Gasteiger partial charge >= 0.3 is 0 Å². The van der Waals surface area contributed by atoms with Gasteiger partial charge in [0.05, 0.1) is 19.4 Å². The number of likely N-dealkylation sites (tertiary alicyclic amines) is 1. The van der Waals surface area contributed by atoms with Crippen LogP contribution in [0.15, 0.2) is 18.2 Å². The normalized spacial score (nSPS) is 22.8. The van der Waals surface area contributed by atoms with Gasteiger partial charge in [0.1, 0.15) is 5.75 Å². The minimum absolute atomic E-state index is 0.0965. The molecule has 0 bridgehead atoms. The number of hydrogen-bond donors (Lipinski definition) is 2. The number of ether oxygens (including phenoxy) is 1. The molecule has 0 saturated carbocycles. The van der Waals surface area contributed by atoms with Gasteiger partial charge in [0.15, 0.2) is 0 Å². The van der Waals surface area contributed by atoms with Crippen LogP contribution in [0, 0.1) is 0 Å². The Kier molecular flexibility index (Phi) is 8.77. The molecule has 1 saturated heterocycles. The van der Waals surface area contributed by atoms with Crippen LogP contribution in [-0.2, 0) is 21.2 Å². The zero-order valence-electron chi connectivity index (χ0n) is 20.3. The number of sulfonamides is 1. The molecule has 2 heterocycles. The predicted octanol–water partition coefficient (Wildman–Crippen LogP) is 1.70. The van der Waals surface area contributed by atoms with Crippen molar-refractivity contribution in [2.45, 2.75) is 57.4 Å². The smallest absolute Gasteiger partial charge is 0.236 e. The maximum Gasteiger partial charge on any atom is 0.236 e. The van der Waals surface area contributed by atoms with Crippen LogP contribution in [0.4, 0.5) is 0 Å². The zero-order valence-corrected chi connectivity index (χ0v) is 21.1. The molecule has 1 amide bonds. The number of amides is 1. The monoisotopic (exact) mass is 480 g/mol. The number of rotatable bonds is 12. The second kappa shape index (κ2) is 11.2. The molecule has 1 aromatic carbocycles. The number of benzene rings is 1.